The van der Waals surface area contributed by atoms with E-state index in [0.29, 0.717) is 33.9 Å². The molecule has 0 saturated carbocycles. The first-order chi connectivity index (χ1) is 29.3. The fourth-order valence-electron chi connectivity index (χ4n) is 8.97. The Labute approximate surface area is 370 Å². The summed E-state index contributed by atoms with van der Waals surface area (Å²) in [5.41, 5.74) is 0.539. The molecule has 0 saturated heterocycles. The van der Waals surface area contributed by atoms with E-state index in [1.165, 1.54) is 24.3 Å². The molecular formula is C40H45N2O17S5+. The topological polar surface area (TPSA) is 315 Å². The van der Waals surface area contributed by atoms with E-state index in [1.807, 2.05) is 18.4 Å². The lowest BCUT2D eigenvalue weighted by Gasteiger charge is -2.31. The van der Waals surface area contributed by atoms with Gasteiger partial charge in [0.25, 0.3) is 50.6 Å². The minimum atomic E-state index is -5.16. The number of anilines is 1. The van der Waals surface area contributed by atoms with E-state index in [4.69, 9.17) is 0 Å². The van der Waals surface area contributed by atoms with E-state index in [2.05, 4.69) is 0 Å². The van der Waals surface area contributed by atoms with Crippen molar-refractivity contribution < 1.29 is 79.3 Å². The molecule has 2 aliphatic rings. The second kappa shape index (κ2) is 17.0. The van der Waals surface area contributed by atoms with E-state index in [1.54, 1.807) is 48.3 Å². The standard InChI is InChI=1S/C40H44N2O17S5/c1-39(2)34(41(17-6-20-61(48,49)50)31-14-11-25-22-26(38(43)44)10-12-28(25)36(31)39)8-4-9-35-40(3,16-5-19-60(45,46)47)37-30-23-27(63(54,55)56)24-33(64(57,58)59)29(30)13-15-32(37)42(35)18-7-21-62(51,52)53/h4,8-15,22-24H,5-7,16-21H2,1-3H3,(H5-,43,44,45,46,47,48,49,50,51,52,53,54,55,56,57,58,59)/p+1. The average Bonchev–Trinajstić information content (AvgIpc) is 3.51. The fraction of sp³-hybridized carbons (Fsp3) is 0.350. The van der Waals surface area contributed by atoms with Crippen LogP contribution in [0.1, 0.15) is 67.9 Å². The molecule has 4 aromatic carbocycles. The van der Waals surface area contributed by atoms with Crippen molar-refractivity contribution in [2.45, 2.75) is 67.1 Å². The Hall–Kier alpha value is -4.63. The minimum Gasteiger partial charge on any atom is -0.478 e. The quantitative estimate of drug-likeness (QED) is 0.0599. The Morgan fingerprint density at radius 1 is 0.688 bits per heavy atom. The summed E-state index contributed by atoms with van der Waals surface area (Å²) in [4.78, 5) is 11.6. The Balaban J connectivity index is 1.61. The first kappa shape index (κ1) is 48.8. The van der Waals surface area contributed by atoms with Crippen LogP contribution in [0.5, 0.6) is 0 Å². The third-order valence-electron chi connectivity index (χ3n) is 11.6. The molecule has 24 heteroatoms. The van der Waals surface area contributed by atoms with Gasteiger partial charge in [-0.25, -0.2) is 4.79 Å². The number of allylic oxidation sites excluding steroid dienone is 4. The monoisotopic (exact) mass is 985 g/mol. The van der Waals surface area contributed by atoms with Crippen LogP contribution in [0.25, 0.3) is 21.5 Å². The van der Waals surface area contributed by atoms with E-state index < -0.39 is 94.4 Å². The number of aromatic carboxylic acids is 1. The van der Waals surface area contributed by atoms with Crippen molar-refractivity contribution in [1.82, 2.24) is 0 Å². The maximum absolute atomic E-state index is 12.7. The van der Waals surface area contributed by atoms with Crippen molar-refractivity contribution in [2.75, 3.05) is 35.2 Å². The van der Waals surface area contributed by atoms with Gasteiger partial charge in [-0.2, -0.15) is 46.7 Å². The van der Waals surface area contributed by atoms with Gasteiger partial charge in [0.15, 0.2) is 5.71 Å². The summed E-state index contributed by atoms with van der Waals surface area (Å²) in [5, 5.41) is 10.7. The van der Waals surface area contributed by atoms with Gasteiger partial charge in [-0.1, -0.05) is 18.2 Å². The third kappa shape index (κ3) is 10.1. The zero-order valence-electron chi connectivity index (χ0n) is 34.4. The summed E-state index contributed by atoms with van der Waals surface area (Å²) in [6.45, 7) is 5.35. The Morgan fingerprint density at radius 2 is 1.30 bits per heavy atom. The Kier molecular flexibility index (Phi) is 13.0. The molecule has 4 aromatic rings. The van der Waals surface area contributed by atoms with Gasteiger partial charge in [0.1, 0.15) is 11.4 Å². The molecule has 6 N–H and O–H groups in total. The summed E-state index contributed by atoms with van der Waals surface area (Å²) in [7, 11) is -23.7. The van der Waals surface area contributed by atoms with Crippen LogP contribution in [-0.2, 0) is 61.4 Å². The fourth-order valence-corrected chi connectivity index (χ4v) is 11.8. The predicted octanol–water partition coefficient (Wildman–Crippen LogP) is 5.00. The molecule has 0 amide bonds. The number of rotatable bonds is 17. The van der Waals surface area contributed by atoms with Gasteiger partial charge in [0.05, 0.1) is 33.1 Å². The van der Waals surface area contributed by atoms with Crippen molar-refractivity contribution in [1.29, 1.82) is 0 Å². The van der Waals surface area contributed by atoms with Crippen molar-refractivity contribution >= 4 is 95.2 Å². The third-order valence-corrected chi connectivity index (χ3v) is 15.7. The van der Waals surface area contributed by atoms with E-state index in [9.17, 15) is 74.8 Å². The molecule has 6 rings (SSSR count). The molecule has 0 aliphatic carbocycles. The summed E-state index contributed by atoms with van der Waals surface area (Å²) in [5.74, 6) is -3.15. The lowest BCUT2D eigenvalue weighted by atomic mass is 9.75. The van der Waals surface area contributed by atoms with Crippen LogP contribution in [0.2, 0.25) is 0 Å². The maximum Gasteiger partial charge on any atom is 0.335 e. The summed E-state index contributed by atoms with van der Waals surface area (Å²) < 4.78 is 173. The molecule has 0 radical (unpaired) electrons. The molecule has 19 nitrogen and oxygen atoms in total. The normalized spacial score (nSPS) is 18.8. The highest BCUT2D eigenvalue weighted by molar-refractivity contribution is 7.87. The molecule has 2 aliphatic heterocycles. The highest BCUT2D eigenvalue weighted by atomic mass is 32.2. The number of carbonyl (C=O) groups is 1. The molecular weight excluding hydrogens is 941 g/mol. The number of hydrogen-bond acceptors (Lipinski definition) is 12. The van der Waals surface area contributed by atoms with Gasteiger partial charge >= 0.3 is 5.97 Å². The maximum atomic E-state index is 12.7. The Morgan fingerprint density at radius 3 is 1.89 bits per heavy atom. The van der Waals surface area contributed by atoms with E-state index in [-0.39, 0.29) is 66.4 Å². The van der Waals surface area contributed by atoms with Crippen LogP contribution in [0.4, 0.5) is 11.4 Å². The molecule has 0 spiro atoms. The summed E-state index contributed by atoms with van der Waals surface area (Å²) in [6.07, 6.45) is 4.34. The molecule has 346 valence electrons. The molecule has 0 bridgehead atoms. The number of carboxylic acid groups (broad SMARTS) is 1. The second-order valence-corrected chi connectivity index (χ2v) is 23.9. The van der Waals surface area contributed by atoms with Crippen LogP contribution in [0, 0.1) is 0 Å². The van der Waals surface area contributed by atoms with Crippen molar-refractivity contribution in [3.8, 4) is 0 Å². The van der Waals surface area contributed by atoms with Crippen LogP contribution >= 0.6 is 0 Å². The first-order valence-electron chi connectivity index (χ1n) is 19.4. The van der Waals surface area contributed by atoms with Gasteiger partial charge in [-0.3, -0.25) is 22.8 Å². The molecule has 0 fully saturated rings. The van der Waals surface area contributed by atoms with Crippen LogP contribution in [-0.4, -0.2) is 117 Å². The number of nitrogens with zero attached hydrogens (tertiary/aromatic N) is 2. The zero-order chi connectivity index (χ0) is 47.6. The summed E-state index contributed by atoms with van der Waals surface area (Å²) >= 11 is 0. The van der Waals surface area contributed by atoms with E-state index >= 15 is 0 Å². The molecule has 2 heterocycles. The van der Waals surface area contributed by atoms with E-state index in [0.717, 1.165) is 11.6 Å². The predicted molar refractivity (Wildman–Crippen MR) is 237 cm³/mol. The van der Waals surface area contributed by atoms with Crippen molar-refractivity contribution in [3.05, 3.63) is 95.2 Å². The van der Waals surface area contributed by atoms with Crippen LogP contribution < -0.4 is 4.90 Å². The van der Waals surface area contributed by atoms with Crippen molar-refractivity contribution in [3.63, 3.8) is 0 Å². The van der Waals surface area contributed by atoms with Gasteiger partial charge in [-0.05, 0) is 104 Å². The largest absolute Gasteiger partial charge is 0.478 e. The number of fused-ring (bicyclic) bond motifs is 6. The molecule has 64 heavy (non-hydrogen) atoms. The molecule has 0 aromatic heterocycles. The van der Waals surface area contributed by atoms with Crippen molar-refractivity contribution in [2.24, 2.45) is 0 Å². The van der Waals surface area contributed by atoms with Gasteiger partial charge < -0.3 is 10.0 Å². The highest BCUT2D eigenvalue weighted by Gasteiger charge is 2.47. The smallest absolute Gasteiger partial charge is 0.335 e. The lowest BCUT2D eigenvalue weighted by Crippen LogP contribution is -2.31. The molecule has 1 atom stereocenters. The van der Waals surface area contributed by atoms with Crippen LogP contribution in [0.15, 0.2) is 88.3 Å². The number of carboxylic acids is 1. The Bertz CT molecular complexity index is 3300. The van der Waals surface area contributed by atoms with Gasteiger partial charge in [-0.15, -0.1) is 0 Å². The highest BCUT2D eigenvalue weighted by Crippen LogP contribution is 2.54. The van der Waals surface area contributed by atoms with Gasteiger partial charge in [0.2, 0.25) is 5.69 Å². The number of benzene rings is 4. The lowest BCUT2D eigenvalue weighted by molar-refractivity contribution is -0.437. The average molecular weight is 986 g/mol. The minimum absolute atomic E-state index is 0.0182. The SMILES string of the molecule is CC1(C)C(/C=C/C=C2/N(CCCS(=O)(=O)O)c3ccc4c(S(=O)(=O)O)cc(S(=O)(=O)O)cc4c3C2(C)CCCS(=O)(=O)O)=[N+](CCCS(=O)(=O)O)c2ccc3cc(C(=O)O)ccc3c21. The first-order valence-corrected chi connectivity index (χ1v) is 27.1. The van der Waals surface area contributed by atoms with Crippen LogP contribution in [0.3, 0.4) is 0 Å². The zero-order valence-corrected chi connectivity index (χ0v) is 38.5. The molecule has 1 unspecified atom stereocenters. The summed E-state index contributed by atoms with van der Waals surface area (Å²) in [6, 6.07) is 12.4. The second-order valence-electron chi connectivity index (χ2n) is 16.4. The van der Waals surface area contributed by atoms with Gasteiger partial charge in [0, 0.05) is 52.9 Å². The number of hydrogen-bond donors (Lipinski definition) is 6.